The molecule has 7 heteroatoms. The SMILES string of the molecule is CC(C)(CC(=O)NCCc1ccc([N+](=O)[O-])cc1)C(=O)O. The normalized spacial score (nSPS) is 11.0. The van der Waals surface area contributed by atoms with Gasteiger partial charge in [0.05, 0.1) is 10.3 Å². The van der Waals surface area contributed by atoms with Crippen LogP contribution in [0.2, 0.25) is 0 Å². The van der Waals surface area contributed by atoms with Crippen LogP contribution in [0.3, 0.4) is 0 Å². The third-order valence-electron chi connectivity index (χ3n) is 3.06. The molecule has 1 aromatic carbocycles. The number of hydrogen-bond acceptors (Lipinski definition) is 4. The van der Waals surface area contributed by atoms with Crippen LogP contribution in [0.15, 0.2) is 24.3 Å². The van der Waals surface area contributed by atoms with E-state index < -0.39 is 16.3 Å². The maximum atomic E-state index is 11.6. The zero-order valence-corrected chi connectivity index (χ0v) is 12.0. The Morgan fingerprint density at radius 2 is 1.86 bits per heavy atom. The summed E-state index contributed by atoms with van der Waals surface area (Å²) >= 11 is 0. The maximum absolute atomic E-state index is 11.6. The highest BCUT2D eigenvalue weighted by molar-refractivity contribution is 5.84. The van der Waals surface area contributed by atoms with Crippen LogP contribution < -0.4 is 5.32 Å². The number of carboxylic acid groups (broad SMARTS) is 1. The van der Waals surface area contributed by atoms with E-state index in [4.69, 9.17) is 5.11 Å². The van der Waals surface area contributed by atoms with Crippen molar-refractivity contribution in [3.8, 4) is 0 Å². The van der Waals surface area contributed by atoms with Crippen LogP contribution >= 0.6 is 0 Å². The molecule has 0 spiro atoms. The third-order valence-corrected chi connectivity index (χ3v) is 3.06. The van der Waals surface area contributed by atoms with Gasteiger partial charge in [-0.25, -0.2) is 0 Å². The largest absolute Gasteiger partial charge is 0.481 e. The van der Waals surface area contributed by atoms with Gasteiger partial charge in [-0.15, -0.1) is 0 Å². The summed E-state index contributed by atoms with van der Waals surface area (Å²) < 4.78 is 0. The average molecular weight is 294 g/mol. The molecule has 0 aliphatic rings. The summed E-state index contributed by atoms with van der Waals surface area (Å²) in [6.45, 7) is 3.34. The van der Waals surface area contributed by atoms with Crippen molar-refractivity contribution in [3.63, 3.8) is 0 Å². The molecule has 0 atom stereocenters. The van der Waals surface area contributed by atoms with Crippen LogP contribution in [0.5, 0.6) is 0 Å². The van der Waals surface area contributed by atoms with E-state index in [1.807, 2.05) is 0 Å². The molecule has 0 saturated carbocycles. The standard InChI is InChI=1S/C14H18N2O5/c1-14(2,13(18)19)9-12(17)15-8-7-10-3-5-11(6-4-10)16(20)21/h3-6H,7-9H2,1-2H3,(H,15,17)(H,18,19). The number of rotatable bonds is 7. The fourth-order valence-corrected chi connectivity index (χ4v) is 1.67. The number of nitro groups is 1. The fourth-order valence-electron chi connectivity index (χ4n) is 1.67. The van der Waals surface area contributed by atoms with Gasteiger partial charge < -0.3 is 10.4 Å². The second kappa shape index (κ2) is 6.83. The predicted octanol–water partition coefficient (Wildman–Crippen LogP) is 1.75. The van der Waals surface area contributed by atoms with Crippen LogP contribution in [0.4, 0.5) is 5.69 Å². The Morgan fingerprint density at radius 3 is 2.33 bits per heavy atom. The van der Waals surface area contributed by atoms with E-state index in [9.17, 15) is 19.7 Å². The van der Waals surface area contributed by atoms with E-state index in [1.165, 1.54) is 26.0 Å². The molecule has 0 aromatic heterocycles. The molecular formula is C14H18N2O5. The lowest BCUT2D eigenvalue weighted by atomic mass is 9.89. The van der Waals surface area contributed by atoms with Crippen molar-refractivity contribution in [1.29, 1.82) is 0 Å². The van der Waals surface area contributed by atoms with Crippen LogP contribution in [0.1, 0.15) is 25.8 Å². The van der Waals surface area contributed by atoms with Gasteiger partial charge in [0.2, 0.25) is 5.91 Å². The van der Waals surface area contributed by atoms with Gasteiger partial charge in [-0.05, 0) is 25.8 Å². The maximum Gasteiger partial charge on any atom is 0.309 e. The number of nitrogens with zero attached hydrogens (tertiary/aromatic N) is 1. The summed E-state index contributed by atoms with van der Waals surface area (Å²) in [5.41, 5.74) is -0.221. The summed E-state index contributed by atoms with van der Waals surface area (Å²) in [4.78, 5) is 32.6. The minimum atomic E-state index is -1.10. The molecule has 1 rings (SSSR count). The number of nitro benzene ring substituents is 1. The summed E-state index contributed by atoms with van der Waals surface area (Å²) in [6.07, 6.45) is 0.430. The van der Waals surface area contributed by atoms with E-state index in [2.05, 4.69) is 5.32 Å². The summed E-state index contributed by atoms with van der Waals surface area (Å²) in [5, 5.41) is 22.1. The van der Waals surface area contributed by atoms with Gasteiger partial charge in [0, 0.05) is 25.1 Å². The molecule has 0 heterocycles. The number of amides is 1. The van der Waals surface area contributed by atoms with Gasteiger partial charge in [0.25, 0.3) is 5.69 Å². The zero-order chi connectivity index (χ0) is 16.0. The highest BCUT2D eigenvalue weighted by Crippen LogP contribution is 2.20. The first-order valence-electron chi connectivity index (χ1n) is 6.46. The lowest BCUT2D eigenvalue weighted by Crippen LogP contribution is -2.34. The smallest absolute Gasteiger partial charge is 0.309 e. The van der Waals surface area contributed by atoms with E-state index >= 15 is 0 Å². The third kappa shape index (κ3) is 5.21. The molecule has 0 bridgehead atoms. The van der Waals surface area contributed by atoms with Crippen molar-refractivity contribution in [3.05, 3.63) is 39.9 Å². The van der Waals surface area contributed by atoms with Crippen LogP contribution in [-0.2, 0) is 16.0 Å². The molecule has 0 unspecified atom stereocenters. The number of aliphatic carboxylic acids is 1. The molecule has 114 valence electrons. The van der Waals surface area contributed by atoms with Gasteiger partial charge in [-0.1, -0.05) is 12.1 Å². The number of carbonyl (C=O) groups is 2. The Hall–Kier alpha value is -2.44. The number of hydrogen-bond donors (Lipinski definition) is 2. The van der Waals surface area contributed by atoms with E-state index in [0.717, 1.165) is 5.56 Å². The molecular weight excluding hydrogens is 276 g/mol. The summed E-state index contributed by atoms with van der Waals surface area (Å²) in [6, 6.07) is 6.08. The van der Waals surface area contributed by atoms with Crippen LogP contribution in [0.25, 0.3) is 0 Å². The Morgan fingerprint density at radius 1 is 1.29 bits per heavy atom. The van der Waals surface area contributed by atoms with Gasteiger partial charge in [0.15, 0.2) is 0 Å². The second-order valence-corrected chi connectivity index (χ2v) is 5.39. The van der Waals surface area contributed by atoms with Crippen molar-refractivity contribution in [2.45, 2.75) is 26.7 Å². The number of carboxylic acids is 1. The quantitative estimate of drug-likeness (QED) is 0.588. The van der Waals surface area contributed by atoms with Crippen LogP contribution in [0, 0.1) is 15.5 Å². The van der Waals surface area contributed by atoms with Crippen molar-refractivity contribution >= 4 is 17.6 Å². The minimum absolute atomic E-state index is 0.0194. The van der Waals surface area contributed by atoms with E-state index in [-0.39, 0.29) is 18.0 Å². The predicted molar refractivity (Wildman–Crippen MR) is 75.8 cm³/mol. The highest BCUT2D eigenvalue weighted by atomic mass is 16.6. The van der Waals surface area contributed by atoms with Gasteiger partial charge in [0.1, 0.15) is 0 Å². The highest BCUT2D eigenvalue weighted by Gasteiger charge is 2.29. The summed E-state index contributed by atoms with van der Waals surface area (Å²) in [7, 11) is 0. The van der Waals surface area contributed by atoms with Crippen molar-refractivity contribution < 1.29 is 19.6 Å². The van der Waals surface area contributed by atoms with Crippen molar-refractivity contribution in [2.75, 3.05) is 6.54 Å². The van der Waals surface area contributed by atoms with Crippen molar-refractivity contribution in [2.24, 2.45) is 5.41 Å². The van der Waals surface area contributed by atoms with Crippen LogP contribution in [-0.4, -0.2) is 28.5 Å². The van der Waals surface area contributed by atoms with E-state index in [0.29, 0.717) is 13.0 Å². The second-order valence-electron chi connectivity index (χ2n) is 5.39. The Bertz CT molecular complexity index is 537. The Labute approximate surface area is 122 Å². The first kappa shape index (κ1) is 16.6. The van der Waals surface area contributed by atoms with Gasteiger partial charge in [-0.3, -0.25) is 19.7 Å². The lowest BCUT2D eigenvalue weighted by molar-refractivity contribution is -0.384. The molecule has 0 fully saturated rings. The molecule has 0 radical (unpaired) electrons. The molecule has 2 N–H and O–H groups in total. The Balaban J connectivity index is 2.41. The fraction of sp³-hybridized carbons (Fsp3) is 0.429. The van der Waals surface area contributed by atoms with Gasteiger partial charge in [-0.2, -0.15) is 0 Å². The Kier molecular flexibility index (Phi) is 5.40. The first-order valence-corrected chi connectivity index (χ1v) is 6.46. The van der Waals surface area contributed by atoms with Gasteiger partial charge >= 0.3 is 5.97 Å². The molecule has 1 amide bonds. The molecule has 1 aromatic rings. The number of benzene rings is 1. The zero-order valence-electron chi connectivity index (χ0n) is 12.0. The van der Waals surface area contributed by atoms with Crippen molar-refractivity contribution in [1.82, 2.24) is 5.32 Å². The first-order chi connectivity index (χ1) is 9.72. The number of carbonyl (C=O) groups excluding carboxylic acids is 1. The summed E-state index contributed by atoms with van der Waals surface area (Å²) in [5.74, 6) is -1.35. The molecule has 21 heavy (non-hydrogen) atoms. The minimum Gasteiger partial charge on any atom is -0.481 e. The topological polar surface area (TPSA) is 110 Å². The lowest BCUT2D eigenvalue weighted by Gasteiger charge is -2.18. The van der Waals surface area contributed by atoms with E-state index in [1.54, 1.807) is 12.1 Å². The molecule has 0 saturated heterocycles. The average Bonchev–Trinajstić information content (AvgIpc) is 2.38. The number of non-ortho nitro benzene ring substituents is 1. The molecule has 7 nitrogen and oxygen atoms in total. The molecule has 0 aliphatic carbocycles. The monoisotopic (exact) mass is 294 g/mol. The molecule has 0 aliphatic heterocycles. The number of nitrogens with one attached hydrogen (secondary N) is 1.